The van der Waals surface area contributed by atoms with Crippen LogP contribution in [-0.4, -0.2) is 39.7 Å². The molecule has 3 aromatic carbocycles. The summed E-state index contributed by atoms with van der Waals surface area (Å²) in [5.74, 6) is 0.0650. The summed E-state index contributed by atoms with van der Waals surface area (Å²) in [6.07, 6.45) is 1.53. The first kappa shape index (κ1) is 29.2. The van der Waals surface area contributed by atoms with Gasteiger partial charge >= 0.3 is 5.91 Å². The topological polar surface area (TPSA) is 102 Å². The van der Waals surface area contributed by atoms with Crippen LogP contribution < -0.4 is 14.4 Å². The van der Waals surface area contributed by atoms with Crippen molar-refractivity contribution in [1.29, 1.82) is 0 Å². The zero-order valence-electron chi connectivity index (χ0n) is 23.5. The highest BCUT2D eigenvalue weighted by Gasteiger charge is 2.48. The number of aromatic nitrogens is 2. The standard InChI is InChI=1S/C32H28ClN3O5S2/c1-3-13-40-23-9-6-8-19(16-23)27-26(28(37)20-11-12-25-22(15-20)14-18(2)41-25)29(38)30(39)36(27)31-34-35-32(43-31)42-17-21-7-4-5-10-24(21)33/h4-12,15-16,18,27,37H,3,13-14,17H2,1-2H3/b28-26-. The van der Waals surface area contributed by atoms with Gasteiger partial charge in [0.05, 0.1) is 18.2 Å². The first-order valence-electron chi connectivity index (χ1n) is 13.9. The van der Waals surface area contributed by atoms with E-state index in [4.69, 9.17) is 21.1 Å². The van der Waals surface area contributed by atoms with E-state index >= 15 is 0 Å². The second-order valence-corrected chi connectivity index (χ2v) is 12.9. The van der Waals surface area contributed by atoms with Crippen LogP contribution in [0.3, 0.4) is 0 Å². The van der Waals surface area contributed by atoms with Crippen molar-refractivity contribution in [3.63, 3.8) is 0 Å². The number of thioether (sulfide) groups is 1. The molecule has 1 N–H and O–H groups in total. The maximum absolute atomic E-state index is 13.7. The number of Topliss-reactive ketones (excluding diaryl/α,β-unsaturated/α-hetero) is 1. The van der Waals surface area contributed by atoms with E-state index in [1.807, 2.05) is 56.3 Å². The van der Waals surface area contributed by atoms with Crippen molar-refractivity contribution >= 4 is 57.3 Å². The Morgan fingerprint density at radius 1 is 1.14 bits per heavy atom. The van der Waals surface area contributed by atoms with Crippen LogP contribution in [0.15, 0.2) is 76.6 Å². The minimum absolute atomic E-state index is 0.0196. The molecule has 2 atom stereocenters. The Kier molecular flexibility index (Phi) is 8.43. The third kappa shape index (κ3) is 5.87. The normalized spacial score (nSPS) is 19.0. The van der Waals surface area contributed by atoms with Gasteiger partial charge in [0, 0.05) is 22.8 Å². The molecule has 1 amide bonds. The number of carbonyl (C=O) groups excluding carboxylic acids is 2. The van der Waals surface area contributed by atoms with Crippen molar-refractivity contribution in [2.24, 2.45) is 0 Å². The number of amides is 1. The molecule has 4 aromatic rings. The van der Waals surface area contributed by atoms with Crippen LogP contribution in [-0.2, 0) is 21.8 Å². The fourth-order valence-electron chi connectivity index (χ4n) is 5.18. The van der Waals surface area contributed by atoms with Gasteiger partial charge in [0.2, 0.25) is 5.13 Å². The zero-order valence-corrected chi connectivity index (χ0v) is 25.8. The van der Waals surface area contributed by atoms with E-state index in [1.165, 1.54) is 28.0 Å². The van der Waals surface area contributed by atoms with Crippen molar-refractivity contribution in [3.8, 4) is 11.5 Å². The van der Waals surface area contributed by atoms with E-state index in [0.29, 0.717) is 45.0 Å². The smallest absolute Gasteiger partial charge is 0.301 e. The summed E-state index contributed by atoms with van der Waals surface area (Å²) in [5.41, 5.74) is 2.90. The SMILES string of the molecule is CCCOc1cccc(C2/C(=C(/O)c3ccc4c(c3)CC(C)O4)C(=O)C(=O)N2c2nnc(SCc3ccccc3Cl)s2)c1. The summed E-state index contributed by atoms with van der Waals surface area (Å²) in [6, 6.07) is 19.1. The summed E-state index contributed by atoms with van der Waals surface area (Å²) < 4.78 is 12.3. The van der Waals surface area contributed by atoms with Gasteiger partial charge in [0.25, 0.3) is 5.78 Å². The van der Waals surface area contributed by atoms with Gasteiger partial charge in [-0.25, -0.2) is 0 Å². The summed E-state index contributed by atoms with van der Waals surface area (Å²) in [4.78, 5) is 28.6. The van der Waals surface area contributed by atoms with Crippen LogP contribution in [0.4, 0.5) is 5.13 Å². The van der Waals surface area contributed by atoms with E-state index in [0.717, 1.165) is 23.3 Å². The van der Waals surface area contributed by atoms with Crippen molar-refractivity contribution in [3.05, 3.63) is 99.6 Å². The number of rotatable bonds is 9. The number of benzene rings is 3. The van der Waals surface area contributed by atoms with Crippen LogP contribution in [0.25, 0.3) is 5.76 Å². The molecular formula is C32H28ClN3O5S2. The number of ketones is 1. The molecule has 1 fully saturated rings. The zero-order chi connectivity index (χ0) is 30.1. The van der Waals surface area contributed by atoms with Crippen LogP contribution in [0.2, 0.25) is 5.02 Å². The average Bonchev–Trinajstić information content (AvgIpc) is 3.70. The molecule has 1 aromatic heterocycles. The van der Waals surface area contributed by atoms with Crippen molar-refractivity contribution in [2.45, 2.75) is 48.9 Å². The molecule has 2 aliphatic rings. The number of anilines is 1. The maximum atomic E-state index is 13.7. The molecule has 2 aliphatic heterocycles. The number of ether oxygens (including phenoxy) is 2. The lowest BCUT2D eigenvalue weighted by atomic mass is 9.94. The average molecular weight is 634 g/mol. The van der Waals surface area contributed by atoms with Crippen LogP contribution in [0, 0.1) is 0 Å². The first-order chi connectivity index (χ1) is 20.8. The highest BCUT2D eigenvalue weighted by atomic mass is 35.5. The second-order valence-electron chi connectivity index (χ2n) is 10.3. The number of hydrogen-bond acceptors (Lipinski definition) is 9. The number of carbonyl (C=O) groups is 2. The summed E-state index contributed by atoms with van der Waals surface area (Å²) in [6.45, 7) is 4.50. The molecule has 11 heteroatoms. The van der Waals surface area contributed by atoms with Gasteiger partial charge in [-0.3, -0.25) is 14.5 Å². The minimum atomic E-state index is -0.942. The Labute approximate surface area is 262 Å². The van der Waals surface area contributed by atoms with Crippen molar-refractivity contribution in [1.82, 2.24) is 10.2 Å². The molecule has 0 saturated carbocycles. The van der Waals surface area contributed by atoms with Gasteiger partial charge in [0.15, 0.2) is 4.34 Å². The Balaban J connectivity index is 1.40. The van der Waals surface area contributed by atoms with Gasteiger partial charge in [0.1, 0.15) is 23.4 Å². The number of aliphatic hydroxyl groups is 1. The van der Waals surface area contributed by atoms with Crippen LogP contribution in [0.1, 0.15) is 48.6 Å². The molecular weight excluding hydrogens is 606 g/mol. The second kappa shape index (κ2) is 12.4. The summed E-state index contributed by atoms with van der Waals surface area (Å²) in [5, 5.41) is 21.1. The fourth-order valence-corrected chi connectivity index (χ4v) is 7.33. The lowest BCUT2D eigenvalue weighted by molar-refractivity contribution is -0.132. The highest BCUT2D eigenvalue weighted by molar-refractivity contribution is 8.00. The van der Waals surface area contributed by atoms with Gasteiger partial charge in [-0.2, -0.15) is 0 Å². The summed E-state index contributed by atoms with van der Waals surface area (Å²) in [7, 11) is 0. The van der Waals surface area contributed by atoms with Gasteiger partial charge in [-0.15, -0.1) is 10.2 Å². The predicted octanol–water partition coefficient (Wildman–Crippen LogP) is 7.22. The lowest BCUT2D eigenvalue weighted by Crippen LogP contribution is -2.29. The monoisotopic (exact) mass is 633 g/mol. The molecule has 0 spiro atoms. The third-order valence-electron chi connectivity index (χ3n) is 7.17. The molecule has 6 rings (SSSR count). The van der Waals surface area contributed by atoms with Crippen LogP contribution in [0.5, 0.6) is 11.5 Å². The Hall–Kier alpha value is -3.86. The lowest BCUT2D eigenvalue weighted by Gasteiger charge is -2.23. The van der Waals surface area contributed by atoms with Crippen LogP contribution >= 0.6 is 34.7 Å². The van der Waals surface area contributed by atoms with E-state index < -0.39 is 17.7 Å². The first-order valence-corrected chi connectivity index (χ1v) is 16.1. The van der Waals surface area contributed by atoms with Gasteiger partial charge in [-0.1, -0.05) is 72.0 Å². The molecule has 8 nitrogen and oxygen atoms in total. The molecule has 0 bridgehead atoms. The molecule has 3 heterocycles. The van der Waals surface area contributed by atoms with Gasteiger partial charge < -0.3 is 14.6 Å². The molecule has 2 unspecified atom stereocenters. The number of nitrogens with zero attached hydrogens (tertiary/aromatic N) is 3. The van der Waals surface area contributed by atoms with E-state index in [-0.39, 0.29) is 22.6 Å². The van der Waals surface area contributed by atoms with E-state index in [9.17, 15) is 14.7 Å². The summed E-state index contributed by atoms with van der Waals surface area (Å²) >= 11 is 8.96. The Bertz CT molecular complexity index is 1740. The Morgan fingerprint density at radius 3 is 2.79 bits per heavy atom. The Morgan fingerprint density at radius 2 is 1.98 bits per heavy atom. The quantitative estimate of drug-likeness (QED) is 0.0678. The van der Waals surface area contributed by atoms with E-state index in [2.05, 4.69) is 10.2 Å². The minimum Gasteiger partial charge on any atom is -0.507 e. The number of hydrogen-bond donors (Lipinski definition) is 1. The predicted molar refractivity (Wildman–Crippen MR) is 168 cm³/mol. The molecule has 0 aliphatic carbocycles. The fraction of sp³-hybridized carbons (Fsp3) is 0.250. The van der Waals surface area contributed by atoms with Crippen molar-refractivity contribution in [2.75, 3.05) is 11.5 Å². The van der Waals surface area contributed by atoms with Gasteiger partial charge in [-0.05, 0) is 66.4 Å². The largest absolute Gasteiger partial charge is 0.507 e. The van der Waals surface area contributed by atoms with Crippen molar-refractivity contribution < 1.29 is 24.2 Å². The molecule has 43 heavy (non-hydrogen) atoms. The number of halogens is 1. The number of aliphatic hydroxyl groups excluding tert-OH is 1. The molecule has 1 saturated heterocycles. The third-order valence-corrected chi connectivity index (χ3v) is 9.64. The molecule has 0 radical (unpaired) electrons. The van der Waals surface area contributed by atoms with E-state index in [1.54, 1.807) is 24.3 Å². The maximum Gasteiger partial charge on any atom is 0.301 e. The number of fused-ring (bicyclic) bond motifs is 1. The highest BCUT2D eigenvalue weighted by Crippen LogP contribution is 2.45. The molecule has 220 valence electrons.